The highest BCUT2D eigenvalue weighted by Gasteiger charge is 2.06. The summed E-state index contributed by atoms with van der Waals surface area (Å²) in [4.78, 5) is 6.24. The summed E-state index contributed by atoms with van der Waals surface area (Å²) in [6.45, 7) is 2.95. The Morgan fingerprint density at radius 1 is 1.10 bits per heavy atom. The molecular formula is C23H31FIN5. The predicted octanol–water partition coefficient (Wildman–Crippen LogP) is 4.22. The largest absolute Gasteiger partial charge is 0.356 e. The second kappa shape index (κ2) is 11.9. The van der Waals surface area contributed by atoms with E-state index >= 15 is 0 Å². The second-order valence-corrected chi connectivity index (χ2v) is 7.44. The van der Waals surface area contributed by atoms with Gasteiger partial charge in [0, 0.05) is 50.5 Å². The molecule has 5 nitrogen and oxygen atoms in total. The minimum atomic E-state index is -0.164. The molecule has 1 aromatic heterocycles. The van der Waals surface area contributed by atoms with Gasteiger partial charge in [-0.25, -0.2) is 4.39 Å². The van der Waals surface area contributed by atoms with Crippen LogP contribution in [0.25, 0.3) is 10.9 Å². The van der Waals surface area contributed by atoms with E-state index in [9.17, 15) is 4.39 Å². The molecule has 0 aliphatic rings. The highest BCUT2D eigenvalue weighted by atomic mass is 127. The van der Waals surface area contributed by atoms with Crippen molar-refractivity contribution >= 4 is 40.8 Å². The molecule has 0 saturated heterocycles. The highest BCUT2D eigenvalue weighted by Crippen LogP contribution is 2.15. The summed E-state index contributed by atoms with van der Waals surface area (Å²) >= 11 is 0. The van der Waals surface area contributed by atoms with Gasteiger partial charge < -0.3 is 20.1 Å². The number of aromatic nitrogens is 1. The summed E-state index contributed by atoms with van der Waals surface area (Å²) in [5.41, 5.74) is 3.00. The zero-order valence-electron chi connectivity index (χ0n) is 17.9. The van der Waals surface area contributed by atoms with Gasteiger partial charge in [0.1, 0.15) is 5.82 Å². The number of aliphatic imine (C=N–C) groups is 1. The third-order valence-electron chi connectivity index (χ3n) is 4.83. The van der Waals surface area contributed by atoms with Crippen LogP contribution in [-0.4, -0.2) is 43.1 Å². The molecule has 2 N–H and O–H groups in total. The third kappa shape index (κ3) is 6.70. The first-order chi connectivity index (χ1) is 14.1. The Kier molecular flexibility index (Phi) is 9.58. The summed E-state index contributed by atoms with van der Waals surface area (Å²) in [6, 6.07) is 15.8. The van der Waals surface area contributed by atoms with E-state index in [1.54, 1.807) is 7.05 Å². The Labute approximate surface area is 195 Å². The van der Waals surface area contributed by atoms with Crippen molar-refractivity contribution in [3.05, 3.63) is 71.7 Å². The molecular weight excluding hydrogens is 492 g/mol. The van der Waals surface area contributed by atoms with Crippen LogP contribution in [0.1, 0.15) is 17.5 Å². The van der Waals surface area contributed by atoms with E-state index in [4.69, 9.17) is 0 Å². The lowest BCUT2D eigenvalue weighted by molar-refractivity contribution is 0.392. The van der Waals surface area contributed by atoms with Crippen LogP contribution < -0.4 is 10.6 Å². The van der Waals surface area contributed by atoms with Gasteiger partial charge in [-0.15, -0.1) is 24.0 Å². The molecule has 0 radical (unpaired) electrons. The molecule has 3 aromatic rings. The second-order valence-electron chi connectivity index (χ2n) is 7.44. The fraction of sp³-hybridized carbons (Fsp3) is 0.348. The molecule has 3 rings (SSSR count). The Balaban J connectivity index is 0.00000320. The first-order valence-corrected chi connectivity index (χ1v) is 9.97. The lowest BCUT2D eigenvalue weighted by atomic mass is 10.1. The Bertz CT molecular complexity index is 967. The van der Waals surface area contributed by atoms with E-state index in [2.05, 4.69) is 56.7 Å². The van der Waals surface area contributed by atoms with Gasteiger partial charge in [0.05, 0.1) is 0 Å². The Morgan fingerprint density at radius 3 is 2.67 bits per heavy atom. The number of benzene rings is 2. The van der Waals surface area contributed by atoms with Gasteiger partial charge in [-0.05, 0) is 55.7 Å². The maximum Gasteiger partial charge on any atom is 0.191 e. The van der Waals surface area contributed by atoms with Crippen LogP contribution in [0, 0.1) is 5.82 Å². The lowest BCUT2D eigenvalue weighted by Crippen LogP contribution is -2.37. The number of nitrogens with zero attached hydrogens (tertiary/aromatic N) is 3. The molecule has 0 spiro atoms. The first-order valence-electron chi connectivity index (χ1n) is 9.97. The molecule has 0 aliphatic carbocycles. The molecule has 30 heavy (non-hydrogen) atoms. The van der Waals surface area contributed by atoms with E-state index in [0.717, 1.165) is 31.0 Å². The van der Waals surface area contributed by atoms with E-state index in [0.29, 0.717) is 18.7 Å². The summed E-state index contributed by atoms with van der Waals surface area (Å²) in [5.74, 6) is 0.586. The summed E-state index contributed by atoms with van der Waals surface area (Å²) in [5, 5.41) is 7.93. The molecule has 0 fully saturated rings. The third-order valence-corrected chi connectivity index (χ3v) is 4.83. The molecule has 0 saturated carbocycles. The average molecular weight is 523 g/mol. The smallest absolute Gasteiger partial charge is 0.191 e. The lowest BCUT2D eigenvalue weighted by Gasteiger charge is -2.14. The predicted molar refractivity (Wildman–Crippen MR) is 134 cm³/mol. The zero-order chi connectivity index (χ0) is 20.6. The number of aryl methyl sites for hydroxylation is 1. The van der Waals surface area contributed by atoms with Crippen LogP contribution in [0.3, 0.4) is 0 Å². The maximum atomic E-state index is 13.9. The summed E-state index contributed by atoms with van der Waals surface area (Å²) < 4.78 is 16.2. The van der Waals surface area contributed by atoms with Gasteiger partial charge in [-0.1, -0.05) is 24.3 Å². The summed E-state index contributed by atoms with van der Waals surface area (Å²) in [6.07, 6.45) is 3.13. The van der Waals surface area contributed by atoms with E-state index in [1.807, 2.05) is 31.1 Å². The first kappa shape index (κ1) is 24.1. The highest BCUT2D eigenvalue weighted by molar-refractivity contribution is 14.0. The minimum Gasteiger partial charge on any atom is -0.356 e. The molecule has 0 unspecified atom stereocenters. The molecule has 0 bridgehead atoms. The van der Waals surface area contributed by atoms with Crippen molar-refractivity contribution in [2.24, 2.45) is 4.99 Å². The molecule has 162 valence electrons. The van der Waals surface area contributed by atoms with Crippen molar-refractivity contribution in [2.75, 3.05) is 27.7 Å². The number of guanidine groups is 1. The van der Waals surface area contributed by atoms with Gasteiger partial charge >= 0.3 is 0 Å². The number of para-hydroxylation sites is 1. The standard InChI is InChI=1S/C23H30FN5.HI/c1-25-23(27-16-18-9-10-21(24)20(15-18)17-28(2)3)26-12-6-13-29-14-11-19-7-4-5-8-22(19)29;/h4-5,7-11,14-15H,6,12-13,16-17H2,1-3H3,(H2,25,26,27);1H. The van der Waals surface area contributed by atoms with Crippen LogP contribution in [0.15, 0.2) is 59.7 Å². The average Bonchev–Trinajstić information content (AvgIpc) is 3.12. The number of hydrogen-bond acceptors (Lipinski definition) is 2. The number of rotatable bonds is 8. The fourth-order valence-corrected chi connectivity index (χ4v) is 3.40. The Hall–Kier alpha value is -2.13. The van der Waals surface area contributed by atoms with Gasteiger partial charge in [-0.2, -0.15) is 0 Å². The quantitative estimate of drug-likeness (QED) is 0.201. The van der Waals surface area contributed by atoms with Crippen LogP contribution in [-0.2, 0) is 19.6 Å². The maximum absolute atomic E-state index is 13.9. The Morgan fingerprint density at radius 2 is 1.90 bits per heavy atom. The number of halogens is 2. The van der Waals surface area contributed by atoms with Gasteiger partial charge in [0.15, 0.2) is 5.96 Å². The topological polar surface area (TPSA) is 44.6 Å². The SMILES string of the molecule is CN=C(NCCCn1ccc2ccccc21)NCc1ccc(F)c(CN(C)C)c1.I. The normalized spacial score (nSPS) is 11.6. The van der Waals surface area contributed by atoms with E-state index in [1.165, 1.54) is 17.0 Å². The zero-order valence-corrected chi connectivity index (χ0v) is 20.2. The van der Waals surface area contributed by atoms with Crippen LogP contribution in [0.2, 0.25) is 0 Å². The number of nitrogens with one attached hydrogen (secondary N) is 2. The van der Waals surface area contributed by atoms with Gasteiger partial charge in [0.25, 0.3) is 0 Å². The van der Waals surface area contributed by atoms with Gasteiger partial charge in [-0.3, -0.25) is 4.99 Å². The molecule has 0 aliphatic heterocycles. The van der Waals surface area contributed by atoms with Crippen molar-refractivity contribution in [3.63, 3.8) is 0 Å². The number of hydrogen-bond donors (Lipinski definition) is 2. The molecule has 2 aromatic carbocycles. The van der Waals surface area contributed by atoms with Crippen molar-refractivity contribution in [1.82, 2.24) is 20.1 Å². The van der Waals surface area contributed by atoms with Crippen molar-refractivity contribution in [2.45, 2.75) is 26.1 Å². The van der Waals surface area contributed by atoms with E-state index < -0.39 is 0 Å². The van der Waals surface area contributed by atoms with Crippen LogP contribution >= 0.6 is 24.0 Å². The molecule has 1 heterocycles. The van der Waals surface area contributed by atoms with Crippen LogP contribution in [0.5, 0.6) is 0 Å². The molecule has 0 amide bonds. The van der Waals surface area contributed by atoms with Crippen LogP contribution in [0.4, 0.5) is 4.39 Å². The van der Waals surface area contributed by atoms with Crippen molar-refractivity contribution in [3.8, 4) is 0 Å². The monoisotopic (exact) mass is 523 g/mol. The minimum absolute atomic E-state index is 0. The molecule has 7 heteroatoms. The number of fused-ring (bicyclic) bond motifs is 1. The van der Waals surface area contributed by atoms with Crippen molar-refractivity contribution < 1.29 is 4.39 Å². The van der Waals surface area contributed by atoms with E-state index in [-0.39, 0.29) is 29.8 Å². The van der Waals surface area contributed by atoms with Gasteiger partial charge in [0.2, 0.25) is 0 Å². The van der Waals surface area contributed by atoms with Crippen molar-refractivity contribution in [1.29, 1.82) is 0 Å². The molecule has 0 atom stereocenters. The summed E-state index contributed by atoms with van der Waals surface area (Å²) in [7, 11) is 5.64. The fourth-order valence-electron chi connectivity index (χ4n) is 3.40.